The van der Waals surface area contributed by atoms with E-state index in [0.717, 1.165) is 42.2 Å². The summed E-state index contributed by atoms with van der Waals surface area (Å²) in [5.41, 5.74) is 4.50. The molecule has 0 radical (unpaired) electrons. The molecule has 1 aromatic heterocycles. The summed E-state index contributed by atoms with van der Waals surface area (Å²) in [6, 6.07) is 23.1. The fourth-order valence-corrected chi connectivity index (χ4v) is 7.30. The monoisotopic (exact) mass is 537 g/mol. The van der Waals surface area contributed by atoms with Crippen molar-refractivity contribution in [2.24, 2.45) is 0 Å². The van der Waals surface area contributed by atoms with Crippen LogP contribution in [0.5, 0.6) is 0 Å². The normalized spacial score (nSPS) is 13.2. The van der Waals surface area contributed by atoms with Gasteiger partial charge in [0.1, 0.15) is 12.6 Å². The zero-order chi connectivity index (χ0) is 25.1. The lowest BCUT2D eigenvalue weighted by molar-refractivity contribution is -0.139. The number of hydrogen-bond acceptors (Lipinski definition) is 5. The minimum absolute atomic E-state index is 0.0759. The summed E-state index contributed by atoms with van der Waals surface area (Å²) < 4.78 is 6.65. The van der Waals surface area contributed by atoms with Crippen LogP contribution in [-0.2, 0) is 15.3 Å². The highest BCUT2D eigenvalue weighted by Gasteiger charge is 2.29. The third kappa shape index (κ3) is 5.09. The number of carbonyl (C=O) groups is 2. The molecule has 1 amide bonds. The molecular weight excluding hydrogens is 514 g/mol. The molecule has 0 spiro atoms. The van der Waals surface area contributed by atoms with Gasteiger partial charge < -0.3 is 15.2 Å². The Morgan fingerprint density at radius 1 is 1.00 bits per heavy atom. The molecule has 0 saturated carbocycles. The number of halogens is 1. The SMILES string of the molecule is O=C(NC(CCSCc1sc2ccccc2c1Cl)C(=O)O)OCC1c2ccccc2-c2ccccc21. The second-order valence-electron chi connectivity index (χ2n) is 8.54. The molecule has 0 saturated heterocycles. The highest BCUT2D eigenvalue weighted by atomic mass is 35.5. The third-order valence-corrected chi connectivity index (χ3v) is 9.23. The Bertz CT molecular complexity index is 1370. The number of aliphatic carboxylic acids is 1. The van der Waals surface area contributed by atoms with Crippen molar-refractivity contribution in [2.75, 3.05) is 12.4 Å². The molecule has 2 N–H and O–H groups in total. The van der Waals surface area contributed by atoms with Gasteiger partial charge in [0.25, 0.3) is 0 Å². The van der Waals surface area contributed by atoms with Gasteiger partial charge in [0.05, 0.1) is 5.02 Å². The van der Waals surface area contributed by atoms with E-state index >= 15 is 0 Å². The fraction of sp³-hybridized carbons (Fsp3) is 0.214. The van der Waals surface area contributed by atoms with E-state index < -0.39 is 18.1 Å². The second kappa shape index (κ2) is 10.9. The van der Waals surface area contributed by atoms with Crippen LogP contribution in [0.25, 0.3) is 21.2 Å². The van der Waals surface area contributed by atoms with Crippen molar-refractivity contribution in [1.82, 2.24) is 5.32 Å². The van der Waals surface area contributed by atoms with Crippen molar-refractivity contribution in [3.8, 4) is 11.1 Å². The maximum absolute atomic E-state index is 12.5. The number of thiophene rings is 1. The summed E-state index contributed by atoms with van der Waals surface area (Å²) in [5, 5.41) is 13.9. The predicted molar refractivity (Wildman–Crippen MR) is 147 cm³/mol. The molecular formula is C28H24ClNO4S2. The zero-order valence-corrected chi connectivity index (χ0v) is 21.7. The Morgan fingerprint density at radius 3 is 2.31 bits per heavy atom. The topological polar surface area (TPSA) is 75.6 Å². The molecule has 1 heterocycles. The van der Waals surface area contributed by atoms with Gasteiger partial charge in [-0.2, -0.15) is 11.8 Å². The van der Waals surface area contributed by atoms with Crippen molar-refractivity contribution in [2.45, 2.75) is 24.1 Å². The smallest absolute Gasteiger partial charge is 0.407 e. The Kier molecular flexibility index (Phi) is 7.51. The van der Waals surface area contributed by atoms with Crippen LogP contribution >= 0.6 is 34.7 Å². The van der Waals surface area contributed by atoms with Gasteiger partial charge in [0, 0.05) is 26.6 Å². The molecule has 5 rings (SSSR count). The van der Waals surface area contributed by atoms with Crippen LogP contribution in [0.1, 0.15) is 28.3 Å². The Hall–Kier alpha value is -3.00. The van der Waals surface area contributed by atoms with Gasteiger partial charge in [-0.3, -0.25) is 0 Å². The van der Waals surface area contributed by atoms with E-state index in [1.54, 1.807) is 23.1 Å². The predicted octanol–water partition coefficient (Wildman–Crippen LogP) is 7.17. The number of nitrogens with one attached hydrogen (secondary N) is 1. The molecule has 184 valence electrons. The van der Waals surface area contributed by atoms with Gasteiger partial charge in [-0.05, 0) is 40.5 Å². The first-order chi connectivity index (χ1) is 17.5. The number of fused-ring (bicyclic) bond motifs is 4. The van der Waals surface area contributed by atoms with Crippen LogP contribution in [0.3, 0.4) is 0 Å². The average Bonchev–Trinajstić information content (AvgIpc) is 3.39. The Balaban J connectivity index is 1.14. The van der Waals surface area contributed by atoms with Crippen LogP contribution in [-0.4, -0.2) is 35.6 Å². The summed E-state index contributed by atoms with van der Waals surface area (Å²) in [6.07, 6.45) is -0.436. The number of thioether (sulfide) groups is 1. The first-order valence-electron chi connectivity index (χ1n) is 11.6. The van der Waals surface area contributed by atoms with Crippen molar-refractivity contribution in [1.29, 1.82) is 0 Å². The Morgan fingerprint density at radius 2 is 1.64 bits per heavy atom. The molecule has 1 atom stereocenters. The first kappa shape index (κ1) is 24.7. The summed E-state index contributed by atoms with van der Waals surface area (Å²) in [5.74, 6) is 0.0951. The van der Waals surface area contributed by atoms with Gasteiger partial charge in [-0.15, -0.1) is 11.3 Å². The minimum atomic E-state index is -1.08. The van der Waals surface area contributed by atoms with Crippen LogP contribution < -0.4 is 5.32 Å². The lowest BCUT2D eigenvalue weighted by Gasteiger charge is -2.17. The van der Waals surface area contributed by atoms with Crippen LogP contribution in [0.4, 0.5) is 4.79 Å². The molecule has 36 heavy (non-hydrogen) atoms. The summed E-state index contributed by atoms with van der Waals surface area (Å²) in [4.78, 5) is 25.3. The van der Waals surface area contributed by atoms with E-state index in [2.05, 4.69) is 17.4 Å². The summed E-state index contributed by atoms with van der Waals surface area (Å²) >= 11 is 9.75. The number of carbonyl (C=O) groups excluding carboxylic acids is 1. The van der Waals surface area contributed by atoms with Crippen molar-refractivity contribution in [3.05, 3.63) is 93.8 Å². The highest BCUT2D eigenvalue weighted by Crippen LogP contribution is 2.44. The van der Waals surface area contributed by atoms with Crippen molar-refractivity contribution < 1.29 is 19.4 Å². The lowest BCUT2D eigenvalue weighted by atomic mass is 9.98. The van der Waals surface area contributed by atoms with E-state index in [0.29, 0.717) is 11.5 Å². The molecule has 1 aliphatic rings. The molecule has 3 aromatic carbocycles. The molecule has 4 aromatic rings. The quantitative estimate of drug-likeness (QED) is 0.221. The van der Waals surface area contributed by atoms with Gasteiger partial charge in [0.15, 0.2) is 0 Å². The standard InChI is InChI=1S/C28H24ClNO4S2/c29-26-21-11-5-6-12-24(21)36-25(26)16-35-14-13-23(27(31)32)30-28(33)34-15-22-19-9-3-1-7-17(19)18-8-2-4-10-20(18)22/h1-12,22-23H,13-16H2,(H,30,33)(H,31,32). The van der Waals surface area contributed by atoms with E-state index in [9.17, 15) is 14.7 Å². The highest BCUT2D eigenvalue weighted by molar-refractivity contribution is 7.98. The van der Waals surface area contributed by atoms with Gasteiger partial charge in [-0.25, -0.2) is 9.59 Å². The number of carboxylic acids is 1. The van der Waals surface area contributed by atoms with Crippen LogP contribution in [0, 0.1) is 0 Å². The first-order valence-corrected chi connectivity index (χ1v) is 14.0. The number of alkyl carbamates (subject to hydrolysis) is 1. The molecule has 8 heteroatoms. The molecule has 0 bridgehead atoms. The molecule has 1 unspecified atom stereocenters. The maximum Gasteiger partial charge on any atom is 0.407 e. The zero-order valence-electron chi connectivity index (χ0n) is 19.3. The van der Waals surface area contributed by atoms with Crippen LogP contribution in [0.2, 0.25) is 5.02 Å². The number of rotatable bonds is 9. The van der Waals surface area contributed by atoms with E-state index in [4.69, 9.17) is 16.3 Å². The van der Waals surface area contributed by atoms with Gasteiger partial charge in [0.2, 0.25) is 0 Å². The average molecular weight is 538 g/mol. The largest absolute Gasteiger partial charge is 0.480 e. The molecule has 0 fully saturated rings. The number of benzene rings is 3. The Labute approximate surface area is 222 Å². The number of amides is 1. The minimum Gasteiger partial charge on any atom is -0.480 e. The lowest BCUT2D eigenvalue weighted by Crippen LogP contribution is -2.41. The summed E-state index contributed by atoms with van der Waals surface area (Å²) in [7, 11) is 0. The summed E-state index contributed by atoms with van der Waals surface area (Å²) in [6.45, 7) is 0.144. The van der Waals surface area contributed by atoms with Crippen molar-refractivity contribution >= 4 is 56.8 Å². The van der Waals surface area contributed by atoms with Gasteiger partial charge in [-0.1, -0.05) is 78.3 Å². The fourth-order valence-electron chi connectivity index (χ4n) is 4.56. The maximum atomic E-state index is 12.5. The molecule has 0 aliphatic heterocycles. The molecule has 5 nitrogen and oxygen atoms in total. The van der Waals surface area contributed by atoms with E-state index in [-0.39, 0.29) is 18.9 Å². The number of ether oxygens (including phenoxy) is 1. The third-order valence-electron chi connectivity index (χ3n) is 6.32. The van der Waals surface area contributed by atoms with Crippen molar-refractivity contribution in [3.63, 3.8) is 0 Å². The number of carboxylic acid groups (broad SMARTS) is 1. The van der Waals surface area contributed by atoms with Crippen LogP contribution in [0.15, 0.2) is 72.8 Å². The molecule has 1 aliphatic carbocycles. The van der Waals surface area contributed by atoms with E-state index in [1.807, 2.05) is 60.7 Å². The van der Waals surface area contributed by atoms with Gasteiger partial charge >= 0.3 is 12.1 Å². The number of hydrogen-bond donors (Lipinski definition) is 2. The second-order valence-corrected chi connectivity index (χ2v) is 11.2. The van der Waals surface area contributed by atoms with E-state index in [1.165, 1.54) is 0 Å².